The van der Waals surface area contributed by atoms with Crippen molar-refractivity contribution in [2.24, 2.45) is 0 Å². The Balaban J connectivity index is 1.44. The number of aromatic nitrogens is 2. The number of carbonyl (C=O) groups excluding carboxylic acids is 1. The molecule has 1 aromatic heterocycles. The molecule has 5 nitrogen and oxygen atoms in total. The number of hydrogen-bond acceptors (Lipinski definition) is 4. The molecule has 3 rings (SSSR count). The Hall–Kier alpha value is -2.73. The van der Waals surface area contributed by atoms with Crippen LogP contribution >= 0.6 is 11.8 Å². The van der Waals surface area contributed by atoms with Gasteiger partial charge in [0.15, 0.2) is 0 Å². The van der Waals surface area contributed by atoms with Crippen molar-refractivity contribution in [3.05, 3.63) is 72.1 Å². The van der Waals surface area contributed by atoms with Crippen molar-refractivity contribution < 1.29 is 9.53 Å². The van der Waals surface area contributed by atoms with E-state index in [0.717, 1.165) is 34.9 Å². The molecular formula is C23H27N3O2S. The number of para-hydroxylation sites is 1. The number of ether oxygens (including phenoxy) is 1. The summed E-state index contributed by atoms with van der Waals surface area (Å²) in [6.07, 6.45) is 3.85. The normalized spacial score (nSPS) is 11.8. The van der Waals surface area contributed by atoms with Crippen LogP contribution in [0, 0.1) is 6.92 Å². The smallest absolute Gasteiger partial charge is 0.233 e. The number of hydrogen-bond donors (Lipinski definition) is 1. The number of benzene rings is 2. The third kappa shape index (κ3) is 5.87. The molecule has 0 saturated carbocycles. The van der Waals surface area contributed by atoms with Gasteiger partial charge in [0.1, 0.15) is 5.75 Å². The predicted molar refractivity (Wildman–Crippen MR) is 118 cm³/mol. The second-order valence-corrected chi connectivity index (χ2v) is 8.26. The maximum Gasteiger partial charge on any atom is 0.233 e. The molecule has 2 aromatic carbocycles. The molecule has 1 unspecified atom stereocenters. The zero-order valence-electron chi connectivity index (χ0n) is 17.1. The average Bonchev–Trinajstić information content (AvgIpc) is 3.12. The van der Waals surface area contributed by atoms with Crippen LogP contribution in [0.5, 0.6) is 5.75 Å². The van der Waals surface area contributed by atoms with Gasteiger partial charge in [-0.3, -0.25) is 4.79 Å². The molecule has 0 bridgehead atoms. The lowest BCUT2D eigenvalue weighted by molar-refractivity contribution is -0.120. The predicted octanol–water partition coefficient (Wildman–Crippen LogP) is 4.42. The number of rotatable bonds is 9. The number of nitrogens with zero attached hydrogens (tertiary/aromatic N) is 2. The summed E-state index contributed by atoms with van der Waals surface area (Å²) in [7, 11) is 1.65. The van der Waals surface area contributed by atoms with Gasteiger partial charge >= 0.3 is 0 Å². The lowest BCUT2D eigenvalue weighted by Crippen LogP contribution is -2.31. The molecule has 3 aromatic rings. The molecule has 0 spiro atoms. The molecule has 0 fully saturated rings. The van der Waals surface area contributed by atoms with Crippen LogP contribution in [-0.2, 0) is 11.2 Å². The van der Waals surface area contributed by atoms with E-state index in [-0.39, 0.29) is 11.2 Å². The van der Waals surface area contributed by atoms with Crippen molar-refractivity contribution in [1.29, 1.82) is 0 Å². The molecule has 1 atom stereocenters. The number of amides is 1. The standard InChI is InChI=1S/C23H27N3O2S/c1-17-19(16-26(25-17)20-9-5-4-6-10-20)8-7-15-24-23(27)18(2)29-22-13-11-21(28-3)12-14-22/h4-6,9-14,16,18H,7-8,15H2,1-3H3,(H,24,27). The van der Waals surface area contributed by atoms with Gasteiger partial charge in [-0.15, -0.1) is 11.8 Å². The highest BCUT2D eigenvalue weighted by Crippen LogP contribution is 2.25. The lowest BCUT2D eigenvalue weighted by atomic mass is 10.1. The first-order valence-corrected chi connectivity index (χ1v) is 10.6. The second-order valence-electron chi connectivity index (χ2n) is 6.85. The minimum absolute atomic E-state index is 0.0579. The van der Waals surface area contributed by atoms with Crippen LogP contribution in [-0.4, -0.2) is 34.6 Å². The van der Waals surface area contributed by atoms with Crippen LogP contribution < -0.4 is 10.1 Å². The second kappa shape index (κ2) is 10.2. The van der Waals surface area contributed by atoms with Crippen molar-refractivity contribution in [2.45, 2.75) is 36.8 Å². The molecule has 0 radical (unpaired) electrons. The van der Waals surface area contributed by atoms with Gasteiger partial charge in [0, 0.05) is 17.6 Å². The number of thioether (sulfide) groups is 1. The summed E-state index contributed by atoms with van der Waals surface area (Å²) in [5.74, 6) is 0.875. The van der Waals surface area contributed by atoms with Gasteiger partial charge in [-0.25, -0.2) is 4.68 Å². The van der Waals surface area contributed by atoms with E-state index in [1.165, 1.54) is 5.56 Å². The molecule has 1 heterocycles. The zero-order chi connectivity index (χ0) is 20.6. The Bertz CT molecular complexity index is 923. The molecular weight excluding hydrogens is 382 g/mol. The number of methoxy groups -OCH3 is 1. The Labute approximate surface area is 176 Å². The third-order valence-corrected chi connectivity index (χ3v) is 5.80. The van der Waals surface area contributed by atoms with Crippen LogP contribution in [0.3, 0.4) is 0 Å². The maximum absolute atomic E-state index is 12.4. The highest BCUT2D eigenvalue weighted by atomic mass is 32.2. The summed E-state index contributed by atoms with van der Waals surface area (Å²) in [6.45, 7) is 4.61. The first-order valence-electron chi connectivity index (χ1n) is 9.76. The summed E-state index contributed by atoms with van der Waals surface area (Å²) in [5, 5.41) is 7.49. The molecule has 152 valence electrons. The van der Waals surface area contributed by atoms with Gasteiger partial charge in [-0.05, 0) is 68.7 Å². The monoisotopic (exact) mass is 409 g/mol. The molecule has 0 saturated heterocycles. The first-order chi connectivity index (χ1) is 14.1. The Morgan fingerprint density at radius 1 is 1.17 bits per heavy atom. The number of nitrogens with one attached hydrogen (secondary N) is 1. The van der Waals surface area contributed by atoms with E-state index in [9.17, 15) is 4.79 Å². The van der Waals surface area contributed by atoms with Crippen molar-refractivity contribution in [3.63, 3.8) is 0 Å². The molecule has 0 aliphatic rings. The molecule has 0 aliphatic carbocycles. The largest absolute Gasteiger partial charge is 0.497 e. The summed E-state index contributed by atoms with van der Waals surface area (Å²) < 4.78 is 7.08. The van der Waals surface area contributed by atoms with Gasteiger partial charge in [0.25, 0.3) is 0 Å². The van der Waals surface area contributed by atoms with E-state index >= 15 is 0 Å². The van der Waals surface area contributed by atoms with Crippen molar-refractivity contribution in [2.75, 3.05) is 13.7 Å². The molecule has 0 aliphatic heterocycles. The number of aryl methyl sites for hydroxylation is 2. The minimum atomic E-state index is -0.147. The van der Waals surface area contributed by atoms with Crippen molar-refractivity contribution >= 4 is 17.7 Å². The van der Waals surface area contributed by atoms with Gasteiger partial charge in [-0.2, -0.15) is 5.10 Å². The van der Waals surface area contributed by atoms with Crippen molar-refractivity contribution in [1.82, 2.24) is 15.1 Å². The topological polar surface area (TPSA) is 56.1 Å². The van der Waals surface area contributed by atoms with Crippen LogP contribution in [0.4, 0.5) is 0 Å². The van der Waals surface area contributed by atoms with E-state index in [0.29, 0.717) is 6.54 Å². The highest BCUT2D eigenvalue weighted by Gasteiger charge is 2.14. The van der Waals surface area contributed by atoms with E-state index in [4.69, 9.17) is 4.74 Å². The Kier molecular flexibility index (Phi) is 7.36. The average molecular weight is 410 g/mol. The van der Waals surface area contributed by atoms with Crippen LogP contribution in [0.2, 0.25) is 0 Å². The van der Waals surface area contributed by atoms with Crippen LogP contribution in [0.25, 0.3) is 5.69 Å². The fraction of sp³-hybridized carbons (Fsp3) is 0.304. The van der Waals surface area contributed by atoms with Gasteiger partial charge in [0.05, 0.1) is 23.7 Å². The van der Waals surface area contributed by atoms with E-state index in [2.05, 4.69) is 16.6 Å². The van der Waals surface area contributed by atoms with Gasteiger partial charge < -0.3 is 10.1 Å². The minimum Gasteiger partial charge on any atom is -0.497 e. The SMILES string of the molecule is COc1ccc(SC(C)C(=O)NCCCc2cn(-c3ccccc3)nc2C)cc1. The summed E-state index contributed by atoms with van der Waals surface area (Å²) in [5.41, 5.74) is 3.30. The lowest BCUT2D eigenvalue weighted by Gasteiger charge is -2.12. The summed E-state index contributed by atoms with van der Waals surface area (Å²) in [6, 6.07) is 17.9. The fourth-order valence-electron chi connectivity index (χ4n) is 3.00. The molecule has 29 heavy (non-hydrogen) atoms. The van der Waals surface area contributed by atoms with E-state index < -0.39 is 0 Å². The summed E-state index contributed by atoms with van der Waals surface area (Å²) in [4.78, 5) is 13.4. The molecule has 1 amide bonds. The number of carbonyl (C=O) groups is 1. The van der Waals surface area contributed by atoms with Gasteiger partial charge in [0.2, 0.25) is 5.91 Å². The quantitative estimate of drug-likeness (QED) is 0.420. The van der Waals surface area contributed by atoms with E-state index in [1.54, 1.807) is 18.9 Å². The van der Waals surface area contributed by atoms with Gasteiger partial charge in [-0.1, -0.05) is 18.2 Å². The fourth-order valence-corrected chi connectivity index (χ4v) is 3.89. The van der Waals surface area contributed by atoms with Crippen LogP contribution in [0.15, 0.2) is 65.7 Å². The highest BCUT2D eigenvalue weighted by molar-refractivity contribution is 8.00. The zero-order valence-corrected chi connectivity index (χ0v) is 17.9. The Morgan fingerprint density at radius 3 is 2.59 bits per heavy atom. The van der Waals surface area contributed by atoms with Crippen LogP contribution in [0.1, 0.15) is 24.6 Å². The maximum atomic E-state index is 12.4. The molecule has 1 N–H and O–H groups in total. The first kappa shape index (κ1) is 21.0. The third-order valence-electron chi connectivity index (χ3n) is 4.68. The molecule has 6 heteroatoms. The van der Waals surface area contributed by atoms with Crippen molar-refractivity contribution in [3.8, 4) is 11.4 Å². The Morgan fingerprint density at radius 2 is 1.90 bits per heavy atom. The van der Waals surface area contributed by atoms with E-state index in [1.807, 2.05) is 73.1 Å². The summed E-state index contributed by atoms with van der Waals surface area (Å²) >= 11 is 1.55.